The molecule has 2 aromatic heterocycles. The van der Waals surface area contributed by atoms with Crippen molar-refractivity contribution in [1.29, 1.82) is 0 Å². The van der Waals surface area contributed by atoms with Crippen LogP contribution in [-0.4, -0.2) is 20.7 Å². The van der Waals surface area contributed by atoms with Crippen LogP contribution in [0.1, 0.15) is 25.2 Å². The average molecular weight is 309 g/mol. The van der Waals surface area contributed by atoms with E-state index in [9.17, 15) is 0 Å². The van der Waals surface area contributed by atoms with Gasteiger partial charge in [0.1, 0.15) is 0 Å². The van der Waals surface area contributed by atoms with E-state index >= 15 is 0 Å². The van der Waals surface area contributed by atoms with Crippen molar-refractivity contribution in [2.45, 2.75) is 31.2 Å². The van der Waals surface area contributed by atoms with Crippen LogP contribution in [0.4, 0.5) is 0 Å². The lowest BCUT2D eigenvalue weighted by Gasteiger charge is -2.36. The van der Waals surface area contributed by atoms with Crippen molar-refractivity contribution in [1.82, 2.24) is 15.1 Å². The van der Waals surface area contributed by atoms with E-state index in [-0.39, 0.29) is 5.54 Å². The van der Waals surface area contributed by atoms with Gasteiger partial charge in [-0.1, -0.05) is 5.16 Å². The Morgan fingerprint density at radius 3 is 2.89 bits per heavy atom. The van der Waals surface area contributed by atoms with Gasteiger partial charge in [-0.25, -0.2) is 0 Å². The van der Waals surface area contributed by atoms with Crippen LogP contribution in [0, 0.1) is 0 Å². The molecular formula is C12H13BrN4O. The van der Waals surface area contributed by atoms with Gasteiger partial charge in [0.05, 0.1) is 0 Å². The van der Waals surface area contributed by atoms with Crippen molar-refractivity contribution < 1.29 is 4.52 Å². The molecule has 2 aromatic rings. The van der Waals surface area contributed by atoms with Crippen molar-refractivity contribution in [3.8, 4) is 11.4 Å². The van der Waals surface area contributed by atoms with E-state index in [1.54, 1.807) is 12.4 Å². The highest BCUT2D eigenvalue weighted by atomic mass is 79.9. The molecule has 2 heterocycles. The summed E-state index contributed by atoms with van der Waals surface area (Å²) < 4.78 is 6.14. The summed E-state index contributed by atoms with van der Waals surface area (Å²) in [5, 5.41) is 3.97. The van der Waals surface area contributed by atoms with E-state index in [1.807, 2.05) is 6.07 Å². The standard InChI is InChI=1S/C12H13BrN4O/c13-9-4-8(6-15-7-9)11-16-10(18-17-11)5-12(14)2-1-3-12/h4,6-7H,1-3,5,14H2. The van der Waals surface area contributed by atoms with Gasteiger partial charge >= 0.3 is 0 Å². The van der Waals surface area contributed by atoms with Gasteiger partial charge in [0.15, 0.2) is 0 Å². The molecule has 0 bridgehead atoms. The summed E-state index contributed by atoms with van der Waals surface area (Å²) in [5.41, 5.74) is 6.85. The first-order chi connectivity index (χ1) is 8.65. The SMILES string of the molecule is NC1(Cc2nc(-c3cncc(Br)c3)no2)CCC1. The van der Waals surface area contributed by atoms with E-state index in [4.69, 9.17) is 10.3 Å². The molecule has 18 heavy (non-hydrogen) atoms. The smallest absolute Gasteiger partial charge is 0.228 e. The summed E-state index contributed by atoms with van der Waals surface area (Å²) in [4.78, 5) is 8.45. The molecule has 1 aliphatic rings. The Hall–Kier alpha value is -1.27. The second-order valence-corrected chi connectivity index (χ2v) is 5.71. The lowest BCUT2D eigenvalue weighted by Crippen LogP contribution is -2.48. The summed E-state index contributed by atoms with van der Waals surface area (Å²) in [6, 6.07) is 1.91. The highest BCUT2D eigenvalue weighted by Crippen LogP contribution is 2.32. The fourth-order valence-corrected chi connectivity index (χ4v) is 2.45. The second kappa shape index (κ2) is 4.44. The number of pyridine rings is 1. The molecule has 0 aliphatic heterocycles. The number of rotatable bonds is 3. The third-order valence-electron chi connectivity index (χ3n) is 3.28. The van der Waals surface area contributed by atoms with Crippen molar-refractivity contribution >= 4 is 15.9 Å². The van der Waals surface area contributed by atoms with E-state index < -0.39 is 0 Å². The Morgan fingerprint density at radius 2 is 2.22 bits per heavy atom. The van der Waals surface area contributed by atoms with Crippen LogP contribution >= 0.6 is 15.9 Å². The third-order valence-corrected chi connectivity index (χ3v) is 3.72. The summed E-state index contributed by atoms with van der Waals surface area (Å²) in [5.74, 6) is 1.16. The minimum atomic E-state index is -0.140. The average Bonchev–Trinajstić information content (AvgIpc) is 2.75. The molecule has 1 fully saturated rings. The third kappa shape index (κ3) is 2.30. The molecule has 0 spiro atoms. The minimum Gasteiger partial charge on any atom is -0.339 e. The second-order valence-electron chi connectivity index (χ2n) is 4.80. The van der Waals surface area contributed by atoms with Crippen molar-refractivity contribution in [2.24, 2.45) is 5.73 Å². The lowest BCUT2D eigenvalue weighted by atomic mass is 9.75. The van der Waals surface area contributed by atoms with Crippen molar-refractivity contribution in [2.75, 3.05) is 0 Å². The van der Waals surface area contributed by atoms with Crippen molar-refractivity contribution in [3.63, 3.8) is 0 Å². The first-order valence-corrected chi connectivity index (χ1v) is 6.66. The van der Waals surface area contributed by atoms with Crippen LogP contribution < -0.4 is 5.73 Å². The molecule has 0 saturated heterocycles. The molecule has 0 atom stereocenters. The Balaban J connectivity index is 1.81. The fourth-order valence-electron chi connectivity index (χ4n) is 2.09. The monoisotopic (exact) mass is 308 g/mol. The van der Waals surface area contributed by atoms with Gasteiger partial charge in [0, 0.05) is 34.4 Å². The van der Waals surface area contributed by atoms with Gasteiger partial charge in [0.2, 0.25) is 11.7 Å². The van der Waals surface area contributed by atoms with E-state index in [0.717, 1.165) is 22.9 Å². The molecule has 6 heteroatoms. The lowest BCUT2D eigenvalue weighted by molar-refractivity contribution is 0.222. The first kappa shape index (κ1) is 11.8. The van der Waals surface area contributed by atoms with Crippen LogP contribution in [0.25, 0.3) is 11.4 Å². The minimum absolute atomic E-state index is 0.140. The first-order valence-electron chi connectivity index (χ1n) is 5.87. The van der Waals surface area contributed by atoms with Gasteiger partial charge in [-0.3, -0.25) is 4.98 Å². The number of hydrogen-bond acceptors (Lipinski definition) is 5. The highest BCUT2D eigenvalue weighted by Gasteiger charge is 2.34. The van der Waals surface area contributed by atoms with E-state index in [1.165, 1.54) is 6.42 Å². The van der Waals surface area contributed by atoms with E-state index in [0.29, 0.717) is 18.1 Å². The summed E-state index contributed by atoms with van der Waals surface area (Å²) in [6.45, 7) is 0. The topological polar surface area (TPSA) is 77.8 Å². The number of nitrogens with two attached hydrogens (primary N) is 1. The van der Waals surface area contributed by atoms with Crippen LogP contribution in [0.15, 0.2) is 27.5 Å². The normalized spacial score (nSPS) is 17.4. The fraction of sp³-hybridized carbons (Fsp3) is 0.417. The molecule has 0 amide bonds. The molecular weight excluding hydrogens is 296 g/mol. The van der Waals surface area contributed by atoms with Gasteiger partial charge < -0.3 is 10.3 Å². The Bertz CT molecular complexity index is 565. The number of hydrogen-bond donors (Lipinski definition) is 1. The maximum absolute atomic E-state index is 6.16. The zero-order valence-electron chi connectivity index (χ0n) is 9.77. The van der Waals surface area contributed by atoms with E-state index in [2.05, 4.69) is 31.1 Å². The quantitative estimate of drug-likeness (QED) is 0.941. The summed E-state index contributed by atoms with van der Waals surface area (Å²) in [7, 11) is 0. The molecule has 5 nitrogen and oxygen atoms in total. The molecule has 0 aromatic carbocycles. The van der Waals surface area contributed by atoms with Gasteiger partial charge in [-0.15, -0.1) is 0 Å². The van der Waals surface area contributed by atoms with Gasteiger partial charge in [0.25, 0.3) is 0 Å². The van der Waals surface area contributed by atoms with Crippen molar-refractivity contribution in [3.05, 3.63) is 28.8 Å². The highest BCUT2D eigenvalue weighted by molar-refractivity contribution is 9.10. The Labute approximate surface area is 113 Å². The molecule has 1 saturated carbocycles. The zero-order chi connectivity index (χ0) is 12.6. The number of nitrogens with zero attached hydrogens (tertiary/aromatic N) is 3. The number of halogens is 1. The maximum Gasteiger partial charge on any atom is 0.228 e. The van der Waals surface area contributed by atoms with Crippen LogP contribution in [-0.2, 0) is 6.42 Å². The largest absolute Gasteiger partial charge is 0.339 e. The number of aromatic nitrogens is 3. The Kier molecular flexibility index (Phi) is 2.91. The van der Waals surface area contributed by atoms with Crippen LogP contribution in [0.3, 0.4) is 0 Å². The maximum atomic E-state index is 6.16. The molecule has 3 rings (SSSR count). The molecule has 94 valence electrons. The van der Waals surface area contributed by atoms with Gasteiger partial charge in [-0.05, 0) is 41.3 Å². The van der Waals surface area contributed by atoms with Gasteiger partial charge in [-0.2, -0.15) is 4.98 Å². The zero-order valence-corrected chi connectivity index (χ0v) is 11.4. The molecule has 1 aliphatic carbocycles. The van der Waals surface area contributed by atoms with Crippen LogP contribution in [0.5, 0.6) is 0 Å². The summed E-state index contributed by atoms with van der Waals surface area (Å²) >= 11 is 3.37. The Morgan fingerprint density at radius 1 is 1.39 bits per heavy atom. The molecule has 0 unspecified atom stereocenters. The predicted octanol–water partition coefficient (Wildman–Crippen LogP) is 2.32. The molecule has 2 N–H and O–H groups in total. The van der Waals surface area contributed by atoms with Crippen LogP contribution in [0.2, 0.25) is 0 Å². The molecule has 0 radical (unpaired) electrons. The summed E-state index contributed by atoms with van der Waals surface area (Å²) in [6.07, 6.45) is 7.33. The predicted molar refractivity (Wildman–Crippen MR) is 69.7 cm³/mol.